The number of carbonyl (C=O) groups excluding carboxylic acids is 2. The van der Waals surface area contributed by atoms with Gasteiger partial charge in [-0.1, -0.05) is 0 Å². The molecule has 1 heterocycles. The van der Waals surface area contributed by atoms with Crippen molar-refractivity contribution in [3.63, 3.8) is 0 Å². The molecule has 12 heteroatoms. The van der Waals surface area contributed by atoms with E-state index in [4.69, 9.17) is 0 Å². The highest BCUT2D eigenvalue weighted by atomic mass is 32.2. The van der Waals surface area contributed by atoms with Crippen LogP contribution in [0.25, 0.3) is 0 Å². The fraction of sp³-hybridized carbons (Fsp3) is 0.222. The van der Waals surface area contributed by atoms with Crippen molar-refractivity contribution in [1.29, 1.82) is 0 Å². The minimum Gasteiger partial charge on any atom is -0.338 e. The Hall–Kier alpha value is -3.15. The molecule has 7 nitrogen and oxygen atoms in total. The first kappa shape index (κ1) is 21.6. The van der Waals surface area contributed by atoms with Crippen molar-refractivity contribution in [1.82, 2.24) is 5.32 Å². The smallest absolute Gasteiger partial charge is 0.338 e. The predicted octanol–water partition coefficient (Wildman–Crippen LogP) is 3.11. The van der Waals surface area contributed by atoms with Gasteiger partial charge in [0.25, 0.3) is 15.9 Å². The zero-order valence-corrected chi connectivity index (χ0v) is 16.3. The van der Waals surface area contributed by atoms with E-state index >= 15 is 4.39 Å². The average Bonchev–Trinajstić information content (AvgIpc) is 2.68. The molecule has 1 aliphatic rings. The molecule has 0 unspecified atom stereocenters. The minimum atomic E-state index is -4.61. The van der Waals surface area contributed by atoms with E-state index < -0.39 is 55.4 Å². The van der Waals surface area contributed by atoms with Crippen molar-refractivity contribution in [2.75, 3.05) is 10.0 Å². The van der Waals surface area contributed by atoms with E-state index in [0.29, 0.717) is 12.1 Å². The standard InChI is InChI=1S/C18H15F4N3O4S/c1-17(2)16(27)23-11-7-8-12(14(19)13(11)15(26)24-17)30(28,29)25-10-5-3-9(4-6-10)18(20,21)22/h3-8,25H,1-2H3,(H,23,27)(H,24,26). The summed E-state index contributed by atoms with van der Waals surface area (Å²) < 4.78 is 80.0. The molecule has 0 aromatic heterocycles. The monoisotopic (exact) mass is 445 g/mol. The molecule has 0 radical (unpaired) electrons. The maximum absolute atomic E-state index is 15.0. The van der Waals surface area contributed by atoms with Crippen molar-refractivity contribution in [2.45, 2.75) is 30.5 Å². The first-order chi connectivity index (χ1) is 13.7. The molecule has 0 bridgehead atoms. The van der Waals surface area contributed by atoms with Crippen LogP contribution >= 0.6 is 0 Å². The van der Waals surface area contributed by atoms with Gasteiger partial charge in [0.05, 0.1) is 11.3 Å². The maximum atomic E-state index is 15.0. The number of fused-ring (bicyclic) bond motifs is 1. The van der Waals surface area contributed by atoms with Crippen molar-refractivity contribution < 1.29 is 35.6 Å². The van der Waals surface area contributed by atoms with Gasteiger partial charge in [0, 0.05) is 5.69 Å². The highest BCUT2D eigenvalue weighted by Gasteiger charge is 2.37. The maximum Gasteiger partial charge on any atom is 0.416 e. The number of halogens is 4. The number of hydrogen-bond donors (Lipinski definition) is 3. The van der Waals surface area contributed by atoms with Gasteiger partial charge < -0.3 is 10.6 Å². The summed E-state index contributed by atoms with van der Waals surface area (Å²) in [5.74, 6) is -3.05. The topological polar surface area (TPSA) is 104 Å². The van der Waals surface area contributed by atoms with Crippen molar-refractivity contribution >= 4 is 33.2 Å². The number of anilines is 2. The lowest BCUT2D eigenvalue weighted by Crippen LogP contribution is -2.50. The number of amides is 2. The van der Waals surface area contributed by atoms with Crippen LogP contribution in [-0.2, 0) is 21.0 Å². The van der Waals surface area contributed by atoms with Gasteiger partial charge in [0.1, 0.15) is 16.0 Å². The quantitative estimate of drug-likeness (QED) is 0.632. The molecule has 1 aliphatic heterocycles. The number of alkyl halides is 3. The molecule has 160 valence electrons. The lowest BCUT2D eigenvalue weighted by Gasteiger charge is -2.21. The molecule has 0 saturated carbocycles. The van der Waals surface area contributed by atoms with Crippen LogP contribution in [0, 0.1) is 5.82 Å². The Morgan fingerprint density at radius 2 is 1.60 bits per heavy atom. The molecule has 0 aliphatic carbocycles. The third kappa shape index (κ3) is 3.95. The second kappa shape index (κ2) is 6.97. The number of benzene rings is 2. The highest BCUT2D eigenvalue weighted by molar-refractivity contribution is 7.92. The van der Waals surface area contributed by atoms with Crippen LogP contribution < -0.4 is 15.4 Å². The molecule has 2 aromatic carbocycles. The molecule has 0 fully saturated rings. The first-order valence-electron chi connectivity index (χ1n) is 8.39. The fourth-order valence-corrected chi connectivity index (χ4v) is 3.85. The summed E-state index contributed by atoms with van der Waals surface area (Å²) in [6.07, 6.45) is -4.61. The molecule has 0 saturated heterocycles. The number of sulfonamides is 1. The first-order valence-corrected chi connectivity index (χ1v) is 9.87. The molecule has 2 aromatic rings. The molecular weight excluding hydrogens is 430 g/mol. The Morgan fingerprint density at radius 1 is 1.00 bits per heavy atom. The Morgan fingerprint density at radius 3 is 2.17 bits per heavy atom. The van der Waals surface area contributed by atoms with Crippen LogP contribution in [0.2, 0.25) is 0 Å². The van der Waals surface area contributed by atoms with Gasteiger partial charge in [-0.05, 0) is 50.2 Å². The number of rotatable bonds is 3. The van der Waals surface area contributed by atoms with E-state index in [1.54, 1.807) is 0 Å². The van der Waals surface area contributed by atoms with Crippen LogP contribution in [0.4, 0.5) is 28.9 Å². The van der Waals surface area contributed by atoms with E-state index in [1.165, 1.54) is 13.8 Å². The lowest BCUT2D eigenvalue weighted by molar-refractivity contribution is -0.137. The molecular formula is C18H15F4N3O4S. The van der Waals surface area contributed by atoms with E-state index in [9.17, 15) is 31.2 Å². The summed E-state index contributed by atoms with van der Waals surface area (Å²) in [7, 11) is -4.60. The van der Waals surface area contributed by atoms with E-state index in [1.807, 2.05) is 4.72 Å². The Balaban J connectivity index is 1.98. The van der Waals surface area contributed by atoms with Crippen LogP contribution in [-0.4, -0.2) is 25.8 Å². The Kier molecular flexibility index (Phi) is 5.01. The molecule has 30 heavy (non-hydrogen) atoms. The van der Waals surface area contributed by atoms with E-state index in [-0.39, 0.29) is 11.4 Å². The normalized spacial score (nSPS) is 16.2. The largest absolute Gasteiger partial charge is 0.416 e. The average molecular weight is 445 g/mol. The third-order valence-corrected chi connectivity index (χ3v) is 5.73. The van der Waals surface area contributed by atoms with Gasteiger partial charge in [0.2, 0.25) is 5.91 Å². The highest BCUT2D eigenvalue weighted by Crippen LogP contribution is 2.32. The van der Waals surface area contributed by atoms with Gasteiger partial charge in [-0.2, -0.15) is 13.2 Å². The molecule has 3 N–H and O–H groups in total. The Labute approximate surface area is 168 Å². The van der Waals surface area contributed by atoms with Gasteiger partial charge in [-0.25, -0.2) is 12.8 Å². The SMILES string of the molecule is CC1(C)NC(=O)c2c(ccc(S(=O)(=O)Nc3ccc(C(F)(F)F)cc3)c2F)NC1=O. The van der Waals surface area contributed by atoms with Crippen molar-refractivity contribution in [3.05, 3.63) is 53.3 Å². The lowest BCUT2D eigenvalue weighted by atomic mass is 10.1. The van der Waals surface area contributed by atoms with Crippen LogP contribution in [0.15, 0.2) is 41.3 Å². The van der Waals surface area contributed by atoms with Gasteiger partial charge in [0.15, 0.2) is 5.82 Å². The zero-order valence-electron chi connectivity index (χ0n) is 15.5. The summed E-state index contributed by atoms with van der Waals surface area (Å²) in [4.78, 5) is 23.6. The number of nitrogens with one attached hydrogen (secondary N) is 3. The number of carbonyl (C=O) groups is 2. The second-order valence-electron chi connectivity index (χ2n) is 7.01. The zero-order chi connectivity index (χ0) is 22.5. The second-order valence-corrected chi connectivity index (χ2v) is 8.66. The molecule has 0 spiro atoms. The summed E-state index contributed by atoms with van der Waals surface area (Å²) in [6, 6.07) is 4.96. The van der Waals surface area contributed by atoms with Gasteiger partial charge in [-0.15, -0.1) is 0 Å². The third-order valence-electron chi connectivity index (χ3n) is 4.33. The minimum absolute atomic E-state index is 0.214. The van der Waals surface area contributed by atoms with Crippen LogP contribution in [0.5, 0.6) is 0 Å². The van der Waals surface area contributed by atoms with Gasteiger partial charge in [-0.3, -0.25) is 14.3 Å². The summed E-state index contributed by atoms with van der Waals surface area (Å²) in [5.41, 5.74) is -3.49. The van der Waals surface area contributed by atoms with Crippen molar-refractivity contribution in [2.24, 2.45) is 0 Å². The molecule has 3 rings (SSSR count). The molecule has 2 amide bonds. The van der Waals surface area contributed by atoms with E-state index in [2.05, 4.69) is 10.6 Å². The Bertz CT molecular complexity index is 1140. The van der Waals surface area contributed by atoms with Crippen LogP contribution in [0.1, 0.15) is 29.8 Å². The molecule has 0 atom stereocenters. The van der Waals surface area contributed by atoms with E-state index in [0.717, 1.165) is 24.3 Å². The predicted molar refractivity (Wildman–Crippen MR) is 98.8 cm³/mol. The number of hydrogen-bond acceptors (Lipinski definition) is 4. The van der Waals surface area contributed by atoms with Gasteiger partial charge >= 0.3 is 6.18 Å². The summed E-state index contributed by atoms with van der Waals surface area (Å²) in [5, 5.41) is 4.65. The van der Waals surface area contributed by atoms with Crippen molar-refractivity contribution in [3.8, 4) is 0 Å². The van der Waals surface area contributed by atoms with Crippen LogP contribution in [0.3, 0.4) is 0 Å². The fourth-order valence-electron chi connectivity index (χ4n) is 2.71. The summed E-state index contributed by atoms with van der Waals surface area (Å²) >= 11 is 0. The summed E-state index contributed by atoms with van der Waals surface area (Å²) in [6.45, 7) is 2.77.